The number of hydrogen-bond donors (Lipinski definition) is 2. The molecule has 2 aliphatic heterocycles. The number of piperidine rings is 1. The van der Waals surface area contributed by atoms with Gasteiger partial charge in [0.2, 0.25) is 0 Å². The minimum Gasteiger partial charge on any atom is -0.393 e. The molecule has 0 spiro atoms. The molecule has 6 heteroatoms. The minimum atomic E-state index is -0.618. The molecular weight excluding hydrogens is 258 g/mol. The van der Waals surface area contributed by atoms with Crippen molar-refractivity contribution >= 4 is 16.8 Å². The van der Waals surface area contributed by atoms with Crippen molar-refractivity contribution in [1.29, 1.82) is 0 Å². The van der Waals surface area contributed by atoms with E-state index in [2.05, 4.69) is 20.3 Å². The number of Topliss-reactive ketones (excluding diaryl/α,β-unsaturated/α-hetero) is 1. The molecule has 2 bridgehead atoms. The van der Waals surface area contributed by atoms with E-state index in [4.69, 9.17) is 0 Å². The van der Waals surface area contributed by atoms with Gasteiger partial charge in [0.1, 0.15) is 11.0 Å². The maximum atomic E-state index is 12.8. The quantitative estimate of drug-likeness (QED) is 0.795. The zero-order valence-electron chi connectivity index (χ0n) is 10.9. The van der Waals surface area contributed by atoms with Gasteiger partial charge in [-0.15, -0.1) is 0 Å². The third-order valence-corrected chi connectivity index (χ3v) is 4.49. The Hall–Kier alpha value is -1.79. The van der Waals surface area contributed by atoms with Crippen molar-refractivity contribution in [2.24, 2.45) is 0 Å². The third-order valence-electron chi connectivity index (χ3n) is 4.49. The van der Waals surface area contributed by atoms with Crippen molar-refractivity contribution in [2.45, 2.75) is 43.4 Å². The normalized spacial score (nSPS) is 32.6. The van der Waals surface area contributed by atoms with Crippen LogP contribution in [0.4, 0.5) is 0 Å². The Labute approximate surface area is 115 Å². The highest BCUT2D eigenvalue weighted by molar-refractivity contribution is 6.05. The van der Waals surface area contributed by atoms with Gasteiger partial charge in [0, 0.05) is 11.6 Å². The Morgan fingerprint density at radius 1 is 1.40 bits per heavy atom. The van der Waals surface area contributed by atoms with Crippen LogP contribution >= 0.6 is 0 Å². The number of carbonyl (C=O) groups excluding carboxylic acids is 1. The fourth-order valence-corrected chi connectivity index (χ4v) is 3.58. The van der Waals surface area contributed by atoms with Gasteiger partial charge in [0.25, 0.3) is 0 Å². The van der Waals surface area contributed by atoms with Crippen LogP contribution in [0, 0.1) is 0 Å². The number of hydrogen-bond acceptors (Lipinski definition) is 6. The van der Waals surface area contributed by atoms with E-state index in [9.17, 15) is 9.90 Å². The summed E-state index contributed by atoms with van der Waals surface area (Å²) in [7, 11) is 0. The zero-order chi connectivity index (χ0) is 13.7. The van der Waals surface area contributed by atoms with Crippen molar-refractivity contribution < 1.29 is 14.5 Å². The lowest BCUT2D eigenvalue weighted by atomic mass is 9.82. The van der Waals surface area contributed by atoms with Gasteiger partial charge in [-0.3, -0.25) is 4.79 Å². The molecule has 2 N–H and O–H groups in total. The summed E-state index contributed by atoms with van der Waals surface area (Å²) in [6.45, 7) is 0. The summed E-state index contributed by atoms with van der Waals surface area (Å²) in [4.78, 5) is 12.8. The van der Waals surface area contributed by atoms with E-state index >= 15 is 0 Å². The van der Waals surface area contributed by atoms with Crippen LogP contribution in [0.3, 0.4) is 0 Å². The van der Waals surface area contributed by atoms with Crippen LogP contribution in [-0.2, 0) is 0 Å². The van der Waals surface area contributed by atoms with Crippen molar-refractivity contribution in [3.63, 3.8) is 0 Å². The Morgan fingerprint density at radius 3 is 3.15 bits per heavy atom. The number of carbonyl (C=O) groups is 1. The zero-order valence-corrected chi connectivity index (χ0v) is 10.9. The topological polar surface area (TPSA) is 88.2 Å². The fourth-order valence-electron chi connectivity index (χ4n) is 3.58. The molecule has 0 radical (unpaired) electrons. The summed E-state index contributed by atoms with van der Waals surface area (Å²) in [5.74, 6) is 0.0312. The molecule has 20 heavy (non-hydrogen) atoms. The number of aliphatic hydroxyl groups excluding tert-OH is 1. The Balaban J connectivity index is 1.72. The molecule has 6 nitrogen and oxygen atoms in total. The van der Waals surface area contributed by atoms with Gasteiger partial charge in [-0.25, -0.2) is 4.63 Å². The van der Waals surface area contributed by atoms with Crippen LogP contribution in [-0.4, -0.2) is 38.9 Å². The smallest absolute Gasteiger partial charge is 0.183 e. The van der Waals surface area contributed by atoms with Gasteiger partial charge in [-0.05, 0) is 54.2 Å². The summed E-state index contributed by atoms with van der Waals surface area (Å²) < 4.78 is 4.65. The van der Waals surface area contributed by atoms with Crippen LogP contribution in [0.2, 0.25) is 0 Å². The third kappa shape index (κ3) is 1.68. The average Bonchev–Trinajstić information content (AvgIpc) is 3.02. The highest BCUT2D eigenvalue weighted by atomic mass is 16.6. The molecule has 3 unspecified atom stereocenters. The maximum Gasteiger partial charge on any atom is 0.183 e. The number of nitrogens with one attached hydrogen (secondary N) is 1. The molecule has 4 rings (SSSR count). The van der Waals surface area contributed by atoms with Gasteiger partial charge in [-0.1, -0.05) is 0 Å². The predicted molar refractivity (Wildman–Crippen MR) is 70.3 cm³/mol. The average molecular weight is 273 g/mol. The molecule has 3 atom stereocenters. The van der Waals surface area contributed by atoms with Gasteiger partial charge < -0.3 is 10.4 Å². The summed E-state index contributed by atoms with van der Waals surface area (Å²) in [5.41, 5.74) is 1.20. The molecule has 2 fully saturated rings. The molecule has 104 valence electrons. The van der Waals surface area contributed by atoms with E-state index in [0.717, 1.165) is 19.3 Å². The van der Waals surface area contributed by atoms with E-state index in [1.54, 1.807) is 18.2 Å². The van der Waals surface area contributed by atoms with Gasteiger partial charge in [-0.2, -0.15) is 0 Å². The number of aliphatic hydroxyl groups is 1. The molecular formula is C14H15N3O3. The Kier molecular flexibility index (Phi) is 2.46. The Morgan fingerprint density at radius 2 is 2.25 bits per heavy atom. The fraction of sp³-hybridized carbons (Fsp3) is 0.500. The molecule has 2 aliphatic rings. The number of fused-ring (bicyclic) bond motifs is 3. The minimum absolute atomic E-state index is 0.0312. The second-order valence-corrected chi connectivity index (χ2v) is 5.85. The molecule has 1 aromatic carbocycles. The van der Waals surface area contributed by atoms with Crippen LogP contribution in [0.15, 0.2) is 22.8 Å². The number of nitrogens with zero attached hydrogens (tertiary/aromatic N) is 2. The van der Waals surface area contributed by atoms with E-state index in [-0.39, 0.29) is 11.8 Å². The summed E-state index contributed by atoms with van der Waals surface area (Å²) in [6.07, 6.45) is 2.54. The number of ketones is 1. The second kappa shape index (κ2) is 4.10. The van der Waals surface area contributed by atoms with Gasteiger partial charge >= 0.3 is 0 Å². The summed E-state index contributed by atoms with van der Waals surface area (Å²) in [5, 5.41) is 20.9. The first kappa shape index (κ1) is 12.0. The molecule has 2 saturated heterocycles. The molecule has 1 aromatic heterocycles. The first-order chi connectivity index (χ1) is 9.66. The SMILES string of the molecule is O=C(c1ccc2nonc2c1)C12CCC(CC(O)C1)N2. The van der Waals surface area contributed by atoms with Crippen LogP contribution in [0.5, 0.6) is 0 Å². The summed E-state index contributed by atoms with van der Waals surface area (Å²) in [6, 6.07) is 5.44. The maximum absolute atomic E-state index is 12.8. The highest BCUT2D eigenvalue weighted by Crippen LogP contribution is 2.38. The predicted octanol–water partition coefficient (Wildman–Crippen LogP) is 1.05. The first-order valence-corrected chi connectivity index (χ1v) is 6.89. The van der Waals surface area contributed by atoms with Crippen LogP contribution in [0.1, 0.15) is 36.0 Å². The lowest BCUT2D eigenvalue weighted by Crippen LogP contribution is -2.56. The van der Waals surface area contributed by atoms with E-state index < -0.39 is 11.6 Å². The lowest BCUT2D eigenvalue weighted by Gasteiger charge is -2.36. The van der Waals surface area contributed by atoms with Crippen molar-refractivity contribution in [1.82, 2.24) is 15.6 Å². The summed E-state index contributed by atoms with van der Waals surface area (Å²) >= 11 is 0. The van der Waals surface area contributed by atoms with Gasteiger partial charge in [0.05, 0.1) is 11.6 Å². The number of rotatable bonds is 2. The van der Waals surface area contributed by atoms with Crippen LogP contribution in [0.25, 0.3) is 11.0 Å². The lowest BCUT2D eigenvalue weighted by molar-refractivity contribution is 0.0595. The van der Waals surface area contributed by atoms with Crippen molar-refractivity contribution in [3.05, 3.63) is 23.8 Å². The van der Waals surface area contributed by atoms with Crippen molar-refractivity contribution in [2.75, 3.05) is 0 Å². The highest BCUT2D eigenvalue weighted by Gasteiger charge is 2.49. The molecule has 0 amide bonds. The number of benzene rings is 1. The molecule has 3 heterocycles. The monoisotopic (exact) mass is 273 g/mol. The number of aromatic nitrogens is 2. The molecule has 0 aliphatic carbocycles. The standard InChI is InChI=1S/C14H15N3O3/c18-10-6-9-3-4-14(7-10,15-9)13(19)8-1-2-11-12(5-8)17-20-16-11/h1-2,5,9-10,15,18H,3-4,6-7H2. The van der Waals surface area contributed by atoms with E-state index in [0.29, 0.717) is 23.0 Å². The largest absolute Gasteiger partial charge is 0.393 e. The van der Waals surface area contributed by atoms with E-state index in [1.165, 1.54) is 0 Å². The van der Waals surface area contributed by atoms with Crippen LogP contribution < -0.4 is 5.32 Å². The Bertz CT molecular complexity index is 683. The van der Waals surface area contributed by atoms with Gasteiger partial charge in [0.15, 0.2) is 5.78 Å². The molecule has 0 saturated carbocycles. The van der Waals surface area contributed by atoms with E-state index in [1.807, 2.05) is 0 Å². The first-order valence-electron chi connectivity index (χ1n) is 6.89. The van der Waals surface area contributed by atoms with Crippen molar-refractivity contribution in [3.8, 4) is 0 Å². The second-order valence-electron chi connectivity index (χ2n) is 5.85. The molecule has 2 aromatic rings.